The van der Waals surface area contributed by atoms with Crippen molar-refractivity contribution in [2.75, 3.05) is 0 Å². The average Bonchev–Trinajstić information content (AvgIpc) is 2.38. The molecular formula is C13H7FNO4-. The first-order valence-electron chi connectivity index (χ1n) is 5.25. The molecule has 2 rings (SSSR count). The highest BCUT2D eigenvalue weighted by molar-refractivity contribution is 5.87. The zero-order valence-corrected chi connectivity index (χ0v) is 9.50. The lowest BCUT2D eigenvalue weighted by Gasteiger charge is -2.07. The van der Waals surface area contributed by atoms with E-state index in [1.807, 2.05) is 0 Å². The summed E-state index contributed by atoms with van der Waals surface area (Å²) in [7, 11) is 0. The quantitative estimate of drug-likeness (QED) is 0.621. The predicted octanol–water partition coefficient (Wildman–Crippen LogP) is 1.76. The largest absolute Gasteiger partial charge is 0.545 e. The molecule has 0 heterocycles. The molecule has 0 saturated carbocycles. The maximum absolute atomic E-state index is 13.5. The van der Waals surface area contributed by atoms with Crippen LogP contribution in [0.2, 0.25) is 0 Å². The summed E-state index contributed by atoms with van der Waals surface area (Å²) in [6, 6.07) is 9.08. The van der Waals surface area contributed by atoms with E-state index >= 15 is 0 Å². The lowest BCUT2D eigenvalue weighted by molar-refractivity contribution is -0.384. The van der Waals surface area contributed by atoms with E-state index in [1.54, 1.807) is 6.07 Å². The maximum atomic E-state index is 13.5. The highest BCUT2D eigenvalue weighted by Crippen LogP contribution is 2.25. The molecule has 96 valence electrons. The third kappa shape index (κ3) is 2.57. The summed E-state index contributed by atoms with van der Waals surface area (Å²) in [4.78, 5) is 20.7. The van der Waals surface area contributed by atoms with E-state index in [4.69, 9.17) is 0 Å². The van der Waals surface area contributed by atoms with E-state index in [2.05, 4.69) is 0 Å². The Balaban J connectivity index is 2.48. The minimum absolute atomic E-state index is 0.123. The molecule has 0 aliphatic heterocycles. The topological polar surface area (TPSA) is 83.3 Å². The number of benzene rings is 2. The summed E-state index contributed by atoms with van der Waals surface area (Å²) in [5, 5.41) is 21.2. The molecule has 5 nitrogen and oxygen atoms in total. The van der Waals surface area contributed by atoms with Gasteiger partial charge in [-0.3, -0.25) is 10.1 Å². The Hall–Kier alpha value is -2.76. The Morgan fingerprint density at radius 3 is 2.37 bits per heavy atom. The number of hydrogen-bond acceptors (Lipinski definition) is 4. The summed E-state index contributed by atoms with van der Waals surface area (Å²) in [5.74, 6) is -2.55. The fourth-order valence-corrected chi connectivity index (χ4v) is 1.66. The van der Waals surface area contributed by atoms with Crippen molar-refractivity contribution in [3.05, 3.63) is 64.0 Å². The minimum atomic E-state index is -1.61. The van der Waals surface area contributed by atoms with Crippen molar-refractivity contribution >= 4 is 11.7 Å². The van der Waals surface area contributed by atoms with Gasteiger partial charge in [-0.1, -0.05) is 18.2 Å². The number of non-ortho nitro benzene ring substituents is 1. The van der Waals surface area contributed by atoms with Crippen LogP contribution in [0.15, 0.2) is 42.5 Å². The predicted molar refractivity (Wildman–Crippen MR) is 62.8 cm³/mol. The van der Waals surface area contributed by atoms with Gasteiger partial charge < -0.3 is 9.90 Å². The number of rotatable bonds is 3. The van der Waals surface area contributed by atoms with E-state index in [0.717, 1.165) is 12.1 Å². The molecular weight excluding hydrogens is 253 g/mol. The number of hydrogen-bond donors (Lipinski definition) is 0. The average molecular weight is 260 g/mol. The maximum Gasteiger partial charge on any atom is 0.270 e. The zero-order valence-electron chi connectivity index (χ0n) is 9.50. The number of carboxylic acid groups (broad SMARTS) is 1. The van der Waals surface area contributed by atoms with Crippen LogP contribution in [0.25, 0.3) is 11.1 Å². The molecule has 2 aromatic carbocycles. The van der Waals surface area contributed by atoms with Crippen molar-refractivity contribution < 1.29 is 19.2 Å². The number of aromatic carboxylic acids is 1. The van der Waals surface area contributed by atoms with Crippen LogP contribution in [-0.2, 0) is 0 Å². The van der Waals surface area contributed by atoms with Crippen LogP contribution in [0.5, 0.6) is 0 Å². The van der Waals surface area contributed by atoms with Crippen LogP contribution in [0, 0.1) is 15.9 Å². The Kier molecular flexibility index (Phi) is 3.24. The van der Waals surface area contributed by atoms with E-state index in [9.17, 15) is 24.4 Å². The van der Waals surface area contributed by atoms with Crippen LogP contribution in [0.4, 0.5) is 10.1 Å². The summed E-state index contributed by atoms with van der Waals surface area (Å²) in [6.07, 6.45) is 0. The number of halogens is 1. The van der Waals surface area contributed by atoms with Gasteiger partial charge in [0.2, 0.25) is 0 Å². The second-order valence-electron chi connectivity index (χ2n) is 3.79. The molecule has 0 amide bonds. The van der Waals surface area contributed by atoms with E-state index in [-0.39, 0.29) is 5.69 Å². The van der Waals surface area contributed by atoms with Gasteiger partial charge in [0.05, 0.1) is 10.9 Å². The van der Waals surface area contributed by atoms with Gasteiger partial charge in [-0.15, -0.1) is 0 Å². The monoisotopic (exact) mass is 260 g/mol. The second-order valence-corrected chi connectivity index (χ2v) is 3.79. The van der Waals surface area contributed by atoms with Gasteiger partial charge in [-0.25, -0.2) is 4.39 Å². The Morgan fingerprint density at radius 1 is 1.11 bits per heavy atom. The standard InChI is InChI=1S/C13H8FNO4/c14-12-7-9(4-5-11(12)13(16)17)8-2-1-3-10(6-8)15(18)19/h1-7H,(H,16,17)/p-1. The molecule has 0 fully saturated rings. The third-order valence-corrected chi connectivity index (χ3v) is 2.58. The summed E-state index contributed by atoms with van der Waals surface area (Å²) in [6.45, 7) is 0. The SMILES string of the molecule is O=C([O-])c1ccc(-c2cccc([N+](=O)[O-])c2)cc1F. The molecule has 0 aliphatic rings. The first-order valence-corrected chi connectivity index (χ1v) is 5.25. The number of nitro benzene ring substituents is 1. The fourth-order valence-electron chi connectivity index (χ4n) is 1.66. The van der Waals surface area contributed by atoms with Crippen molar-refractivity contribution in [3.63, 3.8) is 0 Å². The number of nitrogens with zero attached hydrogens (tertiary/aromatic N) is 1. The Bertz CT molecular complexity index is 669. The minimum Gasteiger partial charge on any atom is -0.545 e. The van der Waals surface area contributed by atoms with Crippen molar-refractivity contribution in [3.8, 4) is 11.1 Å². The van der Waals surface area contributed by atoms with Gasteiger partial charge in [0.15, 0.2) is 0 Å². The number of carbonyl (C=O) groups excluding carboxylic acids is 1. The molecule has 0 unspecified atom stereocenters. The third-order valence-electron chi connectivity index (χ3n) is 2.58. The Morgan fingerprint density at radius 2 is 1.79 bits per heavy atom. The molecule has 0 aromatic heterocycles. The first kappa shape index (κ1) is 12.7. The van der Waals surface area contributed by atoms with E-state index < -0.39 is 22.3 Å². The van der Waals surface area contributed by atoms with Gasteiger partial charge in [-0.2, -0.15) is 0 Å². The number of nitro groups is 1. The van der Waals surface area contributed by atoms with Gasteiger partial charge in [0.1, 0.15) is 5.82 Å². The summed E-state index contributed by atoms with van der Waals surface area (Å²) < 4.78 is 13.5. The number of carboxylic acids is 1. The van der Waals surface area contributed by atoms with Crippen molar-refractivity contribution in [1.29, 1.82) is 0 Å². The second kappa shape index (κ2) is 4.85. The molecule has 6 heteroatoms. The first-order chi connectivity index (χ1) is 8.99. The van der Waals surface area contributed by atoms with Gasteiger partial charge in [-0.05, 0) is 23.3 Å². The van der Waals surface area contributed by atoms with Gasteiger partial charge >= 0.3 is 0 Å². The van der Waals surface area contributed by atoms with Gasteiger partial charge in [0.25, 0.3) is 5.69 Å². The molecule has 0 bridgehead atoms. The van der Waals surface area contributed by atoms with Crippen LogP contribution in [0.1, 0.15) is 10.4 Å². The zero-order chi connectivity index (χ0) is 14.0. The highest BCUT2D eigenvalue weighted by atomic mass is 19.1. The lowest BCUT2D eigenvalue weighted by Crippen LogP contribution is -2.23. The molecule has 0 saturated heterocycles. The summed E-state index contributed by atoms with van der Waals surface area (Å²) >= 11 is 0. The molecule has 0 N–H and O–H groups in total. The lowest BCUT2D eigenvalue weighted by atomic mass is 10.0. The van der Waals surface area contributed by atoms with Crippen LogP contribution >= 0.6 is 0 Å². The number of carbonyl (C=O) groups is 1. The van der Waals surface area contributed by atoms with Crippen molar-refractivity contribution in [2.24, 2.45) is 0 Å². The molecule has 2 aromatic rings. The Labute approximate surface area is 107 Å². The van der Waals surface area contributed by atoms with Crippen molar-refractivity contribution in [2.45, 2.75) is 0 Å². The fraction of sp³-hybridized carbons (Fsp3) is 0. The molecule has 0 aliphatic carbocycles. The highest BCUT2D eigenvalue weighted by Gasteiger charge is 2.09. The molecule has 0 radical (unpaired) electrons. The van der Waals surface area contributed by atoms with Gasteiger partial charge in [0, 0.05) is 17.7 Å². The van der Waals surface area contributed by atoms with E-state index in [1.165, 1.54) is 24.3 Å². The van der Waals surface area contributed by atoms with E-state index in [0.29, 0.717) is 11.1 Å². The molecule has 19 heavy (non-hydrogen) atoms. The molecule has 0 atom stereocenters. The molecule has 0 spiro atoms. The smallest absolute Gasteiger partial charge is 0.270 e. The van der Waals surface area contributed by atoms with Crippen LogP contribution < -0.4 is 5.11 Å². The van der Waals surface area contributed by atoms with Crippen molar-refractivity contribution in [1.82, 2.24) is 0 Å². The summed E-state index contributed by atoms with van der Waals surface area (Å²) in [5.41, 5.74) is 0.111. The van der Waals surface area contributed by atoms with Crippen LogP contribution in [0.3, 0.4) is 0 Å². The van der Waals surface area contributed by atoms with Crippen LogP contribution in [-0.4, -0.2) is 10.9 Å². The normalized spacial score (nSPS) is 10.2.